The predicted octanol–water partition coefficient (Wildman–Crippen LogP) is 2.71. The molecule has 1 amide bonds. The third kappa shape index (κ3) is 2.35. The summed E-state index contributed by atoms with van der Waals surface area (Å²) in [6, 6.07) is 8.38. The summed E-state index contributed by atoms with van der Waals surface area (Å²) in [6.07, 6.45) is 5.23. The number of hydrogen-bond acceptors (Lipinski definition) is 3. The topological polar surface area (TPSA) is 32.3 Å². The number of benzene rings is 1. The molecule has 1 saturated carbocycles. The van der Waals surface area contributed by atoms with Crippen LogP contribution in [-0.2, 0) is 4.79 Å². The second-order valence-electron chi connectivity index (χ2n) is 5.83. The average molecular weight is 290 g/mol. The number of rotatable bonds is 5. The molecule has 108 valence electrons. The van der Waals surface area contributed by atoms with Crippen LogP contribution >= 0.6 is 11.8 Å². The molecule has 1 aromatic carbocycles. The van der Waals surface area contributed by atoms with Crippen molar-refractivity contribution in [3.8, 4) is 0 Å². The van der Waals surface area contributed by atoms with Gasteiger partial charge in [0.2, 0.25) is 5.91 Å². The fraction of sp³-hybridized carbons (Fsp3) is 0.562. The molecule has 1 saturated heterocycles. The first kappa shape index (κ1) is 14.0. The molecule has 2 aliphatic rings. The van der Waals surface area contributed by atoms with Crippen molar-refractivity contribution in [2.75, 3.05) is 18.6 Å². The van der Waals surface area contributed by atoms with Crippen LogP contribution in [0.3, 0.4) is 0 Å². The van der Waals surface area contributed by atoms with Gasteiger partial charge in [-0.05, 0) is 49.3 Å². The molecule has 0 radical (unpaired) electrons. The molecule has 1 N–H and O–H groups in total. The molecule has 20 heavy (non-hydrogen) atoms. The van der Waals surface area contributed by atoms with E-state index in [9.17, 15) is 4.79 Å². The van der Waals surface area contributed by atoms with E-state index < -0.39 is 0 Å². The minimum Gasteiger partial charge on any atom is -0.321 e. The number of aryl methyl sites for hydroxylation is 1. The molecule has 1 aromatic rings. The quantitative estimate of drug-likeness (QED) is 0.846. The number of nitrogens with zero attached hydrogens (tertiary/aromatic N) is 1. The van der Waals surface area contributed by atoms with Gasteiger partial charge in [-0.1, -0.05) is 24.3 Å². The van der Waals surface area contributed by atoms with Crippen molar-refractivity contribution < 1.29 is 4.79 Å². The van der Waals surface area contributed by atoms with E-state index in [1.165, 1.54) is 11.1 Å². The number of carbonyl (C=O) groups excluding carboxylic acids is 1. The highest BCUT2D eigenvalue weighted by Gasteiger charge is 2.59. The van der Waals surface area contributed by atoms with E-state index in [0.717, 1.165) is 31.6 Å². The summed E-state index contributed by atoms with van der Waals surface area (Å²) in [5.41, 5.74) is 2.27. The molecule has 2 fully saturated rings. The number of hydrogen-bond donors (Lipinski definition) is 1. The van der Waals surface area contributed by atoms with Crippen LogP contribution in [0.25, 0.3) is 0 Å². The lowest BCUT2D eigenvalue weighted by Crippen LogP contribution is -2.33. The van der Waals surface area contributed by atoms with Crippen LogP contribution in [0.1, 0.15) is 36.6 Å². The van der Waals surface area contributed by atoms with Crippen molar-refractivity contribution >= 4 is 17.7 Å². The third-order valence-electron chi connectivity index (χ3n) is 4.38. The fourth-order valence-corrected chi connectivity index (χ4v) is 3.44. The van der Waals surface area contributed by atoms with Gasteiger partial charge >= 0.3 is 0 Å². The standard InChI is InChI=1S/C16H22N2OS/c1-12-6-3-4-7-13(12)14-17-16(8-9-16)15(19)18(14)10-5-11-20-2/h3-4,6-7,14,17H,5,8-11H2,1-2H3. The zero-order valence-corrected chi connectivity index (χ0v) is 13.0. The van der Waals surface area contributed by atoms with Gasteiger partial charge in [-0.3, -0.25) is 10.1 Å². The Morgan fingerprint density at radius 2 is 2.15 bits per heavy atom. The fourth-order valence-electron chi connectivity index (χ4n) is 3.03. The lowest BCUT2D eigenvalue weighted by atomic mass is 10.1. The lowest BCUT2D eigenvalue weighted by molar-refractivity contribution is -0.130. The van der Waals surface area contributed by atoms with Crippen LogP contribution in [0.2, 0.25) is 0 Å². The van der Waals surface area contributed by atoms with Crippen LogP contribution < -0.4 is 5.32 Å². The molecule has 1 unspecified atom stereocenters. The highest BCUT2D eigenvalue weighted by molar-refractivity contribution is 7.98. The smallest absolute Gasteiger partial charge is 0.244 e. The second-order valence-corrected chi connectivity index (χ2v) is 6.82. The van der Waals surface area contributed by atoms with E-state index in [4.69, 9.17) is 0 Å². The van der Waals surface area contributed by atoms with Crippen LogP contribution in [0, 0.1) is 6.92 Å². The van der Waals surface area contributed by atoms with Crippen molar-refractivity contribution in [3.05, 3.63) is 35.4 Å². The average Bonchev–Trinajstić information content (AvgIpc) is 3.17. The van der Waals surface area contributed by atoms with Crippen molar-refractivity contribution in [1.82, 2.24) is 10.2 Å². The third-order valence-corrected chi connectivity index (χ3v) is 5.07. The van der Waals surface area contributed by atoms with Gasteiger partial charge < -0.3 is 4.90 Å². The summed E-state index contributed by atoms with van der Waals surface area (Å²) in [5, 5.41) is 3.59. The molecule has 1 aliphatic heterocycles. The normalized spacial score (nSPS) is 23.6. The van der Waals surface area contributed by atoms with Crippen molar-refractivity contribution in [2.24, 2.45) is 0 Å². The number of amides is 1. The zero-order chi connectivity index (χ0) is 14.2. The summed E-state index contributed by atoms with van der Waals surface area (Å²) < 4.78 is 0. The Bertz CT molecular complexity index is 513. The van der Waals surface area contributed by atoms with Crippen LogP contribution in [0.15, 0.2) is 24.3 Å². The summed E-state index contributed by atoms with van der Waals surface area (Å²) in [7, 11) is 0. The largest absolute Gasteiger partial charge is 0.321 e. The minimum atomic E-state index is -0.230. The monoisotopic (exact) mass is 290 g/mol. The highest BCUT2D eigenvalue weighted by atomic mass is 32.2. The summed E-state index contributed by atoms with van der Waals surface area (Å²) in [5.74, 6) is 1.42. The first-order chi connectivity index (χ1) is 9.68. The van der Waals surface area contributed by atoms with E-state index in [1.54, 1.807) is 0 Å². The molecule has 1 spiro atoms. The molecular weight excluding hydrogens is 268 g/mol. The number of carbonyl (C=O) groups is 1. The van der Waals surface area contributed by atoms with Gasteiger partial charge in [-0.25, -0.2) is 0 Å². The summed E-state index contributed by atoms with van der Waals surface area (Å²) in [6.45, 7) is 2.98. The SMILES string of the molecule is CSCCCN1C(=O)C2(CC2)NC1c1ccccc1C. The first-order valence-electron chi connectivity index (χ1n) is 7.31. The maximum Gasteiger partial charge on any atom is 0.244 e. The van der Waals surface area contributed by atoms with E-state index in [1.807, 2.05) is 11.8 Å². The Morgan fingerprint density at radius 1 is 1.40 bits per heavy atom. The maximum atomic E-state index is 12.6. The van der Waals surface area contributed by atoms with Crippen molar-refractivity contribution in [3.63, 3.8) is 0 Å². The number of thioether (sulfide) groups is 1. The highest BCUT2D eigenvalue weighted by Crippen LogP contribution is 2.46. The van der Waals surface area contributed by atoms with Crippen LogP contribution in [0.4, 0.5) is 0 Å². The molecule has 1 atom stereocenters. The van der Waals surface area contributed by atoms with Crippen molar-refractivity contribution in [1.29, 1.82) is 0 Å². The Morgan fingerprint density at radius 3 is 2.80 bits per heavy atom. The second kappa shape index (κ2) is 5.41. The lowest BCUT2D eigenvalue weighted by Gasteiger charge is -2.25. The van der Waals surface area contributed by atoms with Gasteiger partial charge in [0.25, 0.3) is 0 Å². The Hall–Kier alpha value is -1.00. The van der Waals surface area contributed by atoms with Crippen LogP contribution in [0.5, 0.6) is 0 Å². The first-order valence-corrected chi connectivity index (χ1v) is 8.70. The predicted molar refractivity (Wildman–Crippen MR) is 83.7 cm³/mol. The van der Waals surface area contributed by atoms with E-state index in [-0.39, 0.29) is 11.7 Å². The summed E-state index contributed by atoms with van der Waals surface area (Å²) in [4.78, 5) is 14.7. The summed E-state index contributed by atoms with van der Waals surface area (Å²) >= 11 is 1.84. The Labute approximate surface area is 125 Å². The molecule has 3 nitrogen and oxygen atoms in total. The molecule has 4 heteroatoms. The van der Waals surface area contributed by atoms with E-state index in [0.29, 0.717) is 5.91 Å². The zero-order valence-electron chi connectivity index (χ0n) is 12.2. The van der Waals surface area contributed by atoms with E-state index in [2.05, 4.69) is 47.7 Å². The number of nitrogens with one attached hydrogen (secondary N) is 1. The van der Waals surface area contributed by atoms with Gasteiger partial charge in [-0.2, -0.15) is 11.8 Å². The van der Waals surface area contributed by atoms with E-state index >= 15 is 0 Å². The minimum absolute atomic E-state index is 0.0630. The van der Waals surface area contributed by atoms with Gasteiger partial charge in [-0.15, -0.1) is 0 Å². The van der Waals surface area contributed by atoms with Crippen molar-refractivity contribution in [2.45, 2.75) is 37.9 Å². The Kier molecular flexibility index (Phi) is 3.78. The maximum absolute atomic E-state index is 12.6. The molecule has 1 heterocycles. The molecule has 3 rings (SSSR count). The molecule has 0 aromatic heterocycles. The molecule has 1 aliphatic carbocycles. The molecule has 0 bridgehead atoms. The van der Waals surface area contributed by atoms with Crippen LogP contribution in [-0.4, -0.2) is 34.9 Å². The van der Waals surface area contributed by atoms with Gasteiger partial charge in [0, 0.05) is 6.54 Å². The Balaban J connectivity index is 1.84. The van der Waals surface area contributed by atoms with Gasteiger partial charge in [0.05, 0.1) is 0 Å². The van der Waals surface area contributed by atoms with Gasteiger partial charge in [0.1, 0.15) is 11.7 Å². The molecular formula is C16H22N2OS. The van der Waals surface area contributed by atoms with Gasteiger partial charge in [0.15, 0.2) is 0 Å².